The van der Waals surface area contributed by atoms with Crippen molar-refractivity contribution in [1.29, 1.82) is 0 Å². The van der Waals surface area contributed by atoms with Crippen molar-refractivity contribution in [3.8, 4) is 11.5 Å². The van der Waals surface area contributed by atoms with Gasteiger partial charge in [-0.1, -0.05) is 0 Å². The predicted molar refractivity (Wildman–Crippen MR) is 77.5 cm³/mol. The molecule has 0 spiro atoms. The van der Waals surface area contributed by atoms with Gasteiger partial charge in [0.15, 0.2) is 0 Å². The zero-order chi connectivity index (χ0) is 13.8. The highest BCUT2D eigenvalue weighted by molar-refractivity contribution is 7.99. The molecule has 5 heteroatoms. The summed E-state index contributed by atoms with van der Waals surface area (Å²) < 4.78 is 10.6. The third-order valence-corrected chi connectivity index (χ3v) is 4.24. The highest BCUT2D eigenvalue weighted by atomic mass is 32.2. The van der Waals surface area contributed by atoms with E-state index in [2.05, 4.69) is 0 Å². The lowest BCUT2D eigenvalue weighted by molar-refractivity contribution is 0.0771. The van der Waals surface area contributed by atoms with Gasteiger partial charge >= 0.3 is 0 Å². The van der Waals surface area contributed by atoms with Gasteiger partial charge < -0.3 is 14.4 Å². The van der Waals surface area contributed by atoms with E-state index in [0.29, 0.717) is 17.1 Å². The molecule has 1 fully saturated rings. The molecular formula is C14H19NO3S. The minimum atomic E-state index is 0.0527. The van der Waals surface area contributed by atoms with Crippen molar-refractivity contribution in [3.05, 3.63) is 23.3 Å². The number of hydrogen-bond acceptors (Lipinski definition) is 4. The van der Waals surface area contributed by atoms with E-state index in [-0.39, 0.29) is 5.91 Å². The molecule has 4 nitrogen and oxygen atoms in total. The maximum atomic E-state index is 12.5. The molecule has 0 bridgehead atoms. The summed E-state index contributed by atoms with van der Waals surface area (Å²) in [4.78, 5) is 14.3. The van der Waals surface area contributed by atoms with Crippen molar-refractivity contribution >= 4 is 17.7 Å². The van der Waals surface area contributed by atoms with Crippen LogP contribution in [0.3, 0.4) is 0 Å². The highest BCUT2D eigenvalue weighted by Crippen LogP contribution is 2.30. The van der Waals surface area contributed by atoms with Crippen LogP contribution in [0.25, 0.3) is 0 Å². The first-order valence-electron chi connectivity index (χ1n) is 6.27. The molecule has 1 aliphatic heterocycles. The molecule has 0 radical (unpaired) electrons. The van der Waals surface area contributed by atoms with Gasteiger partial charge in [0.2, 0.25) is 0 Å². The summed E-state index contributed by atoms with van der Waals surface area (Å²) in [6.45, 7) is 3.54. The first-order chi connectivity index (χ1) is 9.17. The van der Waals surface area contributed by atoms with Gasteiger partial charge in [0.25, 0.3) is 5.91 Å². The molecule has 1 heterocycles. The van der Waals surface area contributed by atoms with E-state index >= 15 is 0 Å². The molecule has 19 heavy (non-hydrogen) atoms. The maximum absolute atomic E-state index is 12.5. The van der Waals surface area contributed by atoms with Gasteiger partial charge in [0, 0.05) is 35.7 Å². The fraction of sp³-hybridized carbons (Fsp3) is 0.500. The molecule has 1 aromatic rings. The Bertz CT molecular complexity index is 445. The maximum Gasteiger partial charge on any atom is 0.254 e. The smallest absolute Gasteiger partial charge is 0.254 e. The Morgan fingerprint density at radius 1 is 1.16 bits per heavy atom. The number of methoxy groups -OCH3 is 2. The van der Waals surface area contributed by atoms with Crippen LogP contribution in [0.2, 0.25) is 0 Å². The zero-order valence-corrected chi connectivity index (χ0v) is 12.4. The minimum Gasteiger partial charge on any atom is -0.496 e. The standard InChI is InChI=1S/C14H19NO3S/c1-10-12(17-2)8-11(9-13(10)18-3)14(16)15-4-6-19-7-5-15/h8-9H,4-7H2,1-3H3. The molecule has 1 saturated heterocycles. The SMILES string of the molecule is COc1cc(C(=O)N2CCSCC2)cc(OC)c1C. The average molecular weight is 281 g/mol. The van der Waals surface area contributed by atoms with E-state index < -0.39 is 0 Å². The summed E-state index contributed by atoms with van der Waals surface area (Å²) in [5.41, 5.74) is 1.54. The summed E-state index contributed by atoms with van der Waals surface area (Å²) >= 11 is 1.89. The van der Waals surface area contributed by atoms with Crippen LogP contribution in [0.5, 0.6) is 11.5 Å². The minimum absolute atomic E-state index is 0.0527. The van der Waals surface area contributed by atoms with Crippen LogP contribution >= 0.6 is 11.8 Å². The van der Waals surface area contributed by atoms with Gasteiger partial charge in [-0.05, 0) is 19.1 Å². The van der Waals surface area contributed by atoms with Crippen LogP contribution in [-0.2, 0) is 0 Å². The summed E-state index contributed by atoms with van der Waals surface area (Å²) in [6.07, 6.45) is 0. The fourth-order valence-electron chi connectivity index (χ4n) is 2.16. The lowest BCUT2D eigenvalue weighted by Gasteiger charge is -2.26. The number of benzene rings is 1. The Balaban J connectivity index is 2.30. The highest BCUT2D eigenvalue weighted by Gasteiger charge is 2.20. The van der Waals surface area contributed by atoms with Crippen LogP contribution in [0, 0.1) is 6.92 Å². The third kappa shape index (κ3) is 2.97. The first kappa shape index (κ1) is 14.1. The van der Waals surface area contributed by atoms with Gasteiger partial charge in [-0.25, -0.2) is 0 Å². The molecular weight excluding hydrogens is 262 g/mol. The lowest BCUT2D eigenvalue weighted by atomic mass is 10.1. The second-order valence-electron chi connectivity index (χ2n) is 4.41. The van der Waals surface area contributed by atoms with Crippen LogP contribution in [0.15, 0.2) is 12.1 Å². The van der Waals surface area contributed by atoms with Crippen molar-refractivity contribution in [2.24, 2.45) is 0 Å². The van der Waals surface area contributed by atoms with E-state index in [4.69, 9.17) is 9.47 Å². The zero-order valence-electron chi connectivity index (χ0n) is 11.6. The Kier molecular flexibility index (Phi) is 4.58. The molecule has 0 aromatic heterocycles. The quantitative estimate of drug-likeness (QED) is 0.851. The summed E-state index contributed by atoms with van der Waals surface area (Å²) in [6, 6.07) is 3.59. The van der Waals surface area contributed by atoms with Gasteiger partial charge in [-0.15, -0.1) is 0 Å². The van der Waals surface area contributed by atoms with E-state index in [1.165, 1.54) is 0 Å². The topological polar surface area (TPSA) is 38.8 Å². The fourth-order valence-corrected chi connectivity index (χ4v) is 3.06. The number of hydrogen-bond donors (Lipinski definition) is 0. The van der Waals surface area contributed by atoms with Crippen molar-refractivity contribution in [2.45, 2.75) is 6.92 Å². The molecule has 2 rings (SSSR count). The summed E-state index contributed by atoms with van der Waals surface area (Å²) in [5, 5.41) is 0. The molecule has 1 aliphatic rings. The average Bonchev–Trinajstić information content (AvgIpc) is 2.47. The van der Waals surface area contributed by atoms with E-state index in [0.717, 1.165) is 30.2 Å². The Labute approximate surface area is 118 Å². The Hall–Kier alpha value is -1.36. The third-order valence-electron chi connectivity index (χ3n) is 3.30. The monoisotopic (exact) mass is 281 g/mol. The van der Waals surface area contributed by atoms with Crippen molar-refractivity contribution in [3.63, 3.8) is 0 Å². The number of carbonyl (C=O) groups excluding carboxylic acids is 1. The van der Waals surface area contributed by atoms with Crippen LogP contribution in [0.1, 0.15) is 15.9 Å². The van der Waals surface area contributed by atoms with Gasteiger partial charge in [0.1, 0.15) is 11.5 Å². The van der Waals surface area contributed by atoms with Crippen molar-refractivity contribution in [1.82, 2.24) is 4.90 Å². The van der Waals surface area contributed by atoms with Crippen molar-refractivity contribution in [2.75, 3.05) is 38.8 Å². The second kappa shape index (κ2) is 6.19. The summed E-state index contributed by atoms with van der Waals surface area (Å²) in [5.74, 6) is 3.44. The van der Waals surface area contributed by atoms with Crippen LogP contribution in [0.4, 0.5) is 0 Å². The molecule has 104 valence electrons. The number of carbonyl (C=O) groups is 1. The number of nitrogens with zero attached hydrogens (tertiary/aromatic N) is 1. The molecule has 0 unspecified atom stereocenters. The first-order valence-corrected chi connectivity index (χ1v) is 7.42. The number of thioether (sulfide) groups is 1. The molecule has 1 aromatic carbocycles. The Morgan fingerprint density at radius 3 is 2.16 bits per heavy atom. The normalized spacial score (nSPS) is 15.2. The van der Waals surface area contributed by atoms with Gasteiger partial charge in [-0.2, -0.15) is 11.8 Å². The largest absolute Gasteiger partial charge is 0.496 e. The Morgan fingerprint density at radius 2 is 1.68 bits per heavy atom. The van der Waals surface area contributed by atoms with Crippen LogP contribution < -0.4 is 9.47 Å². The molecule has 1 amide bonds. The lowest BCUT2D eigenvalue weighted by Crippen LogP contribution is -2.37. The van der Waals surface area contributed by atoms with Crippen molar-refractivity contribution < 1.29 is 14.3 Å². The number of ether oxygens (including phenoxy) is 2. The number of rotatable bonds is 3. The van der Waals surface area contributed by atoms with Gasteiger partial charge in [0.05, 0.1) is 14.2 Å². The molecule has 0 N–H and O–H groups in total. The van der Waals surface area contributed by atoms with E-state index in [9.17, 15) is 4.79 Å². The second-order valence-corrected chi connectivity index (χ2v) is 5.64. The molecule has 0 saturated carbocycles. The predicted octanol–water partition coefficient (Wildman–Crippen LogP) is 2.20. The van der Waals surface area contributed by atoms with E-state index in [1.54, 1.807) is 26.4 Å². The molecule has 0 atom stereocenters. The molecule has 0 aliphatic carbocycles. The number of amides is 1. The van der Waals surface area contributed by atoms with Crippen LogP contribution in [-0.4, -0.2) is 49.6 Å². The van der Waals surface area contributed by atoms with Gasteiger partial charge in [-0.3, -0.25) is 4.79 Å². The van der Waals surface area contributed by atoms with E-state index in [1.807, 2.05) is 23.6 Å². The summed E-state index contributed by atoms with van der Waals surface area (Å²) in [7, 11) is 3.21.